The van der Waals surface area contributed by atoms with Crippen molar-refractivity contribution in [1.82, 2.24) is 4.98 Å². The molecule has 0 aliphatic rings. The van der Waals surface area contributed by atoms with Gasteiger partial charge in [0.25, 0.3) is 0 Å². The molecule has 19 heavy (non-hydrogen) atoms. The minimum Gasteiger partial charge on any atom is -0.868 e. The number of pyridine rings is 1. The van der Waals surface area contributed by atoms with E-state index in [-0.39, 0.29) is 68.7 Å². The average Bonchev–Trinajstić information content (AvgIpc) is 2.28. The van der Waals surface area contributed by atoms with Gasteiger partial charge in [-0.15, -0.1) is 0 Å². The Hall–Kier alpha value is -0.514. The molecule has 0 aliphatic carbocycles. The van der Waals surface area contributed by atoms with Gasteiger partial charge < -0.3 is 9.84 Å². The van der Waals surface area contributed by atoms with Crippen molar-refractivity contribution in [3.8, 4) is 0 Å². The summed E-state index contributed by atoms with van der Waals surface area (Å²) in [6.45, 7) is 1.58. The van der Waals surface area contributed by atoms with Gasteiger partial charge in [-0.05, 0) is 24.8 Å². The zero-order valence-corrected chi connectivity index (χ0v) is 14.1. The van der Waals surface area contributed by atoms with Crippen molar-refractivity contribution in [2.24, 2.45) is 0 Å². The van der Waals surface area contributed by atoms with Crippen LogP contribution in [0.15, 0.2) is 18.0 Å². The van der Waals surface area contributed by atoms with Gasteiger partial charge in [-0.1, -0.05) is 11.6 Å². The fourth-order valence-electron chi connectivity index (χ4n) is 1.14. The van der Waals surface area contributed by atoms with Gasteiger partial charge in [0, 0.05) is 6.20 Å². The molecule has 0 saturated heterocycles. The van der Waals surface area contributed by atoms with Gasteiger partial charge in [0.1, 0.15) is 0 Å². The third kappa shape index (κ3) is 5.17. The second-order valence-corrected chi connectivity index (χ2v) is 3.38. The molecule has 0 aliphatic heterocycles. The van der Waals surface area contributed by atoms with E-state index in [0.717, 1.165) is 6.08 Å². The van der Waals surface area contributed by atoms with Crippen molar-refractivity contribution >= 4 is 29.3 Å². The van der Waals surface area contributed by atoms with Crippen molar-refractivity contribution in [2.45, 2.75) is 6.92 Å². The summed E-state index contributed by atoms with van der Waals surface area (Å²) in [5.41, 5.74) is -0.630. The molecule has 0 aromatic carbocycles. The van der Waals surface area contributed by atoms with Crippen molar-refractivity contribution in [1.29, 1.82) is 0 Å². The number of carbonyl (C=O) groups excluding carboxylic acids is 1. The van der Waals surface area contributed by atoms with Crippen LogP contribution in [0, 0.1) is 10.1 Å². The smallest absolute Gasteiger partial charge is 0.868 e. The molecule has 96 valence electrons. The molecule has 1 aromatic heterocycles. The molecule has 9 heteroatoms. The number of nitrogens with zero attached hydrogens (tertiary/aromatic N) is 2. The first kappa shape index (κ1) is 18.5. The number of nitro groups is 1. The van der Waals surface area contributed by atoms with Crippen LogP contribution in [0.1, 0.15) is 12.5 Å². The van der Waals surface area contributed by atoms with Gasteiger partial charge in [-0.25, -0.2) is 9.78 Å². The minimum absolute atomic E-state index is 0. The van der Waals surface area contributed by atoms with E-state index in [2.05, 4.69) is 9.72 Å². The van der Waals surface area contributed by atoms with Crippen molar-refractivity contribution in [3.05, 3.63) is 38.9 Å². The fourth-order valence-corrected chi connectivity index (χ4v) is 1.38. The average molecular weight is 311 g/mol. The van der Waals surface area contributed by atoms with E-state index in [1.807, 2.05) is 0 Å². The van der Waals surface area contributed by atoms with Gasteiger partial charge in [-0.2, -0.15) is 0 Å². The first-order valence-electron chi connectivity index (χ1n) is 4.82. The molecule has 1 aromatic rings. The summed E-state index contributed by atoms with van der Waals surface area (Å²) in [5.74, 6) is -2.08. The maximum atomic E-state index is 11.4. The van der Waals surface area contributed by atoms with E-state index in [4.69, 9.17) is 11.6 Å². The Morgan fingerprint density at radius 2 is 2.26 bits per heavy atom. The minimum atomic E-state index is -1.08. The molecule has 1 heterocycles. The molecule has 1 rings (SSSR count). The molecule has 0 unspecified atom stereocenters. The third-order valence-corrected chi connectivity index (χ3v) is 2.13. The maximum absolute atomic E-state index is 11.4. The summed E-state index contributed by atoms with van der Waals surface area (Å²) in [6, 6.07) is 1.21. The topological polar surface area (TPSA) is 105 Å². The summed E-state index contributed by atoms with van der Waals surface area (Å²) in [4.78, 5) is 24.6. The zero-order chi connectivity index (χ0) is 13.7. The molecule has 0 saturated carbocycles. The number of hydrogen-bond acceptors (Lipinski definition) is 6. The zero-order valence-electron chi connectivity index (χ0n) is 10.3. The number of hydrogen-bond donors (Lipinski definition) is 0. The number of carbonyl (C=O) groups is 1. The Morgan fingerprint density at radius 3 is 2.79 bits per heavy atom. The van der Waals surface area contributed by atoms with Crippen LogP contribution in [0.5, 0.6) is 0 Å². The van der Waals surface area contributed by atoms with Crippen LogP contribution in [0.25, 0.3) is 6.08 Å². The normalized spacial score (nSPS) is 10.5. The summed E-state index contributed by atoms with van der Waals surface area (Å²) >= 11 is 5.55. The van der Waals surface area contributed by atoms with E-state index in [1.165, 1.54) is 19.2 Å². The first-order valence-corrected chi connectivity index (χ1v) is 5.20. The monoisotopic (exact) mass is 310 g/mol. The van der Waals surface area contributed by atoms with Crippen molar-refractivity contribution < 1.29 is 70.9 Å². The summed E-state index contributed by atoms with van der Waals surface area (Å²) in [7, 11) is 0. The van der Waals surface area contributed by atoms with E-state index in [0.29, 0.717) is 0 Å². The Morgan fingerprint density at radius 1 is 1.63 bits per heavy atom. The summed E-state index contributed by atoms with van der Waals surface area (Å²) < 4.78 is 4.47. The molecular weight excluding hydrogens is 303 g/mol. The molecule has 0 amide bonds. The summed E-state index contributed by atoms with van der Waals surface area (Å²) in [6.07, 6.45) is 1.99. The van der Waals surface area contributed by atoms with Crippen LogP contribution in [0.4, 0.5) is 5.69 Å². The molecule has 0 fully saturated rings. The largest absolute Gasteiger partial charge is 1.00 e. The Kier molecular flexibility index (Phi) is 8.38. The fraction of sp³-hybridized carbons (Fsp3) is 0.200. The van der Waals surface area contributed by atoms with Gasteiger partial charge in [-0.3, -0.25) is 10.1 Å². The number of rotatable bonds is 4. The predicted molar refractivity (Wildman–Crippen MR) is 60.5 cm³/mol. The van der Waals surface area contributed by atoms with Crippen LogP contribution in [-0.4, -0.2) is 22.5 Å². The molecule has 0 spiro atoms. The van der Waals surface area contributed by atoms with E-state index in [1.54, 1.807) is 0 Å². The number of esters is 1. The van der Waals surface area contributed by atoms with Crippen molar-refractivity contribution in [2.75, 3.05) is 6.61 Å². The van der Waals surface area contributed by atoms with Crippen LogP contribution in [0.2, 0.25) is 5.15 Å². The van der Waals surface area contributed by atoms with Crippen LogP contribution in [-0.2, 0) is 9.53 Å². The van der Waals surface area contributed by atoms with Crippen molar-refractivity contribution in [3.63, 3.8) is 0 Å². The van der Waals surface area contributed by atoms with Crippen LogP contribution >= 0.6 is 11.6 Å². The molecule has 7 nitrogen and oxygen atoms in total. The van der Waals surface area contributed by atoms with Crippen LogP contribution < -0.4 is 56.5 Å². The molecule has 0 N–H and O–H groups in total. The maximum Gasteiger partial charge on any atom is 1.00 e. The third-order valence-electron chi connectivity index (χ3n) is 1.86. The molecular formula is C10H8ClKN2O5. The SMILES string of the molecule is CCOC(=O)/C([O-])=C\c1ccnc(Cl)c1[N+](=O)[O-].[K+]. The molecule has 0 atom stereocenters. The molecule has 0 bridgehead atoms. The van der Waals surface area contributed by atoms with Gasteiger partial charge >= 0.3 is 63.0 Å². The number of halogens is 1. The van der Waals surface area contributed by atoms with Gasteiger partial charge in [0.15, 0.2) is 0 Å². The summed E-state index contributed by atoms with van der Waals surface area (Å²) in [5, 5.41) is 21.8. The van der Waals surface area contributed by atoms with E-state index < -0.39 is 22.3 Å². The molecule has 0 radical (unpaired) electrons. The number of ether oxygens (including phenoxy) is 1. The van der Waals surface area contributed by atoms with Gasteiger partial charge in [0.2, 0.25) is 5.15 Å². The van der Waals surface area contributed by atoms with Crippen LogP contribution in [0.3, 0.4) is 0 Å². The predicted octanol–water partition coefficient (Wildman–Crippen LogP) is -2.09. The van der Waals surface area contributed by atoms with Gasteiger partial charge in [0.05, 0.1) is 17.1 Å². The van der Waals surface area contributed by atoms with E-state index >= 15 is 0 Å². The first-order chi connectivity index (χ1) is 8.47. The second kappa shape index (κ2) is 8.62. The Bertz CT molecular complexity index is 521. The number of aromatic nitrogens is 1. The second-order valence-electron chi connectivity index (χ2n) is 3.03. The standard InChI is InChI=1S/C10H9ClN2O5.K/c1-2-18-10(15)7(14)5-6-3-4-12-9(11)8(6)13(16)17;/h3-5,14H,2H2,1H3;/q;+1/p-1/b7-5+;. The Balaban J connectivity index is 0.00000324. The quantitative estimate of drug-likeness (QED) is 0.120. The Labute approximate surface area is 156 Å². The van der Waals surface area contributed by atoms with E-state index in [9.17, 15) is 20.0 Å².